The van der Waals surface area contributed by atoms with E-state index in [1.807, 2.05) is 59.7 Å². The van der Waals surface area contributed by atoms with E-state index >= 15 is 0 Å². The van der Waals surface area contributed by atoms with Gasteiger partial charge in [0, 0.05) is 31.9 Å². The molecule has 5 nitrogen and oxygen atoms in total. The Hall–Kier alpha value is -2.70. The molecule has 0 saturated carbocycles. The van der Waals surface area contributed by atoms with Gasteiger partial charge in [-0.2, -0.15) is 0 Å². The number of benzene rings is 1. The molecule has 2 aromatic heterocycles. The van der Waals surface area contributed by atoms with Crippen LogP contribution < -0.4 is 4.74 Å². The molecule has 1 aliphatic rings. The summed E-state index contributed by atoms with van der Waals surface area (Å²) in [4.78, 5) is 20.0. The highest BCUT2D eigenvalue weighted by molar-refractivity contribution is 7.12. The molecule has 29 heavy (non-hydrogen) atoms. The molecule has 1 amide bonds. The first-order valence-electron chi connectivity index (χ1n) is 9.74. The minimum atomic E-state index is 0.0461. The SMILES string of the molecule is Cc1ccsc1C(=O)N(Cc1ccncc1)Cc1cccc(O[C@@H]2CCOC2)c1. The third-order valence-corrected chi connectivity index (χ3v) is 5.93. The van der Waals surface area contributed by atoms with Crippen molar-refractivity contribution in [3.8, 4) is 5.75 Å². The largest absolute Gasteiger partial charge is 0.488 e. The summed E-state index contributed by atoms with van der Waals surface area (Å²) < 4.78 is 11.4. The number of ether oxygens (including phenoxy) is 2. The molecule has 0 N–H and O–H groups in total. The predicted octanol–water partition coefficient (Wildman–Crippen LogP) is 4.46. The lowest BCUT2D eigenvalue weighted by atomic mass is 10.1. The Morgan fingerprint density at radius 3 is 2.76 bits per heavy atom. The summed E-state index contributed by atoms with van der Waals surface area (Å²) in [6.45, 7) is 4.40. The van der Waals surface area contributed by atoms with Crippen LogP contribution in [0.25, 0.3) is 0 Å². The third-order valence-electron chi connectivity index (χ3n) is 4.93. The molecule has 1 aliphatic heterocycles. The number of carbonyl (C=O) groups excluding carboxylic acids is 1. The minimum absolute atomic E-state index is 0.0461. The van der Waals surface area contributed by atoms with Gasteiger partial charge in [0.1, 0.15) is 11.9 Å². The summed E-state index contributed by atoms with van der Waals surface area (Å²) in [6.07, 6.45) is 4.53. The maximum absolute atomic E-state index is 13.3. The van der Waals surface area contributed by atoms with Gasteiger partial charge in [0.25, 0.3) is 5.91 Å². The Kier molecular flexibility index (Phi) is 6.22. The standard InChI is InChI=1S/C23H24N2O3S/c1-17-8-12-29-22(17)23(26)25(14-18-5-9-24-10-6-18)15-19-3-2-4-20(13-19)28-21-7-11-27-16-21/h2-6,8-10,12-13,21H,7,11,14-16H2,1H3/t21-/m1/s1. The van der Waals surface area contributed by atoms with Crippen LogP contribution in [0.2, 0.25) is 0 Å². The highest BCUT2D eigenvalue weighted by Gasteiger charge is 2.21. The molecular weight excluding hydrogens is 384 g/mol. The van der Waals surface area contributed by atoms with Crippen LogP contribution in [0.3, 0.4) is 0 Å². The van der Waals surface area contributed by atoms with E-state index in [-0.39, 0.29) is 12.0 Å². The van der Waals surface area contributed by atoms with Gasteiger partial charge in [0.05, 0.1) is 18.1 Å². The fourth-order valence-corrected chi connectivity index (χ4v) is 4.27. The van der Waals surface area contributed by atoms with Crippen LogP contribution in [0.1, 0.15) is 32.8 Å². The van der Waals surface area contributed by atoms with E-state index in [4.69, 9.17) is 9.47 Å². The summed E-state index contributed by atoms with van der Waals surface area (Å²) in [7, 11) is 0. The number of thiophene rings is 1. The molecule has 0 unspecified atom stereocenters. The van der Waals surface area contributed by atoms with E-state index in [0.29, 0.717) is 19.7 Å². The zero-order valence-electron chi connectivity index (χ0n) is 16.4. The van der Waals surface area contributed by atoms with Crippen molar-refractivity contribution in [2.45, 2.75) is 32.5 Å². The van der Waals surface area contributed by atoms with Crippen molar-refractivity contribution in [3.63, 3.8) is 0 Å². The van der Waals surface area contributed by atoms with Gasteiger partial charge in [0.2, 0.25) is 0 Å². The van der Waals surface area contributed by atoms with Crippen LogP contribution in [0, 0.1) is 6.92 Å². The third kappa shape index (κ3) is 5.02. The number of hydrogen-bond acceptors (Lipinski definition) is 5. The molecule has 1 saturated heterocycles. The van der Waals surface area contributed by atoms with Crippen molar-refractivity contribution >= 4 is 17.2 Å². The van der Waals surface area contributed by atoms with Crippen LogP contribution in [-0.4, -0.2) is 35.1 Å². The van der Waals surface area contributed by atoms with Gasteiger partial charge in [-0.25, -0.2) is 0 Å². The highest BCUT2D eigenvalue weighted by atomic mass is 32.1. The molecule has 0 bridgehead atoms. The summed E-state index contributed by atoms with van der Waals surface area (Å²) in [5, 5.41) is 1.96. The summed E-state index contributed by atoms with van der Waals surface area (Å²) in [6, 6.07) is 13.9. The monoisotopic (exact) mass is 408 g/mol. The van der Waals surface area contributed by atoms with E-state index in [1.165, 1.54) is 11.3 Å². The fraction of sp³-hybridized carbons (Fsp3) is 0.304. The summed E-state index contributed by atoms with van der Waals surface area (Å²) >= 11 is 1.49. The fourth-order valence-electron chi connectivity index (χ4n) is 3.38. The molecule has 4 rings (SSSR count). The first-order chi connectivity index (χ1) is 14.2. The summed E-state index contributed by atoms with van der Waals surface area (Å²) in [5.41, 5.74) is 3.11. The topological polar surface area (TPSA) is 51.7 Å². The van der Waals surface area contributed by atoms with Crippen molar-refractivity contribution in [1.82, 2.24) is 9.88 Å². The molecule has 150 valence electrons. The zero-order chi connectivity index (χ0) is 20.1. The summed E-state index contributed by atoms with van der Waals surface area (Å²) in [5.74, 6) is 0.867. The Morgan fingerprint density at radius 1 is 1.21 bits per heavy atom. The van der Waals surface area contributed by atoms with Crippen molar-refractivity contribution in [2.75, 3.05) is 13.2 Å². The van der Waals surface area contributed by atoms with Crippen LogP contribution >= 0.6 is 11.3 Å². The molecule has 1 fully saturated rings. The smallest absolute Gasteiger partial charge is 0.264 e. The van der Waals surface area contributed by atoms with Gasteiger partial charge >= 0.3 is 0 Å². The van der Waals surface area contributed by atoms with E-state index in [1.54, 1.807) is 12.4 Å². The van der Waals surface area contributed by atoms with Crippen molar-refractivity contribution in [3.05, 3.63) is 81.8 Å². The number of aryl methyl sites for hydroxylation is 1. The van der Waals surface area contributed by atoms with E-state index in [9.17, 15) is 4.79 Å². The Bertz CT molecular complexity index is 952. The van der Waals surface area contributed by atoms with Gasteiger partial charge in [-0.05, 0) is 59.3 Å². The lowest BCUT2D eigenvalue weighted by Gasteiger charge is -2.23. The maximum Gasteiger partial charge on any atom is 0.264 e. The lowest BCUT2D eigenvalue weighted by molar-refractivity contribution is 0.0734. The second kappa shape index (κ2) is 9.20. The van der Waals surface area contributed by atoms with Crippen molar-refractivity contribution in [1.29, 1.82) is 0 Å². The van der Waals surface area contributed by atoms with Crippen LogP contribution in [0.15, 0.2) is 60.2 Å². The first kappa shape index (κ1) is 19.6. The quantitative estimate of drug-likeness (QED) is 0.579. The maximum atomic E-state index is 13.3. The van der Waals surface area contributed by atoms with Gasteiger partial charge in [-0.1, -0.05) is 12.1 Å². The number of hydrogen-bond donors (Lipinski definition) is 0. The van der Waals surface area contributed by atoms with Gasteiger partial charge in [0.15, 0.2) is 0 Å². The normalized spacial score (nSPS) is 16.0. The van der Waals surface area contributed by atoms with Gasteiger partial charge < -0.3 is 14.4 Å². The van der Waals surface area contributed by atoms with Crippen molar-refractivity contribution in [2.24, 2.45) is 0 Å². The number of nitrogens with zero attached hydrogens (tertiary/aromatic N) is 2. The Morgan fingerprint density at radius 2 is 2.03 bits per heavy atom. The zero-order valence-corrected chi connectivity index (χ0v) is 17.2. The Balaban J connectivity index is 1.54. The van der Waals surface area contributed by atoms with Crippen LogP contribution in [0.4, 0.5) is 0 Å². The molecule has 3 aromatic rings. The molecular formula is C23H24N2O3S. The van der Waals surface area contributed by atoms with E-state index < -0.39 is 0 Å². The number of pyridine rings is 1. The number of carbonyl (C=O) groups is 1. The second-order valence-corrected chi connectivity index (χ2v) is 8.12. The van der Waals surface area contributed by atoms with Gasteiger partial charge in [-0.15, -0.1) is 11.3 Å². The van der Waals surface area contributed by atoms with Crippen LogP contribution in [0.5, 0.6) is 5.75 Å². The Labute approximate surface area is 174 Å². The molecule has 0 radical (unpaired) electrons. The number of rotatable bonds is 7. The average molecular weight is 409 g/mol. The predicted molar refractivity (Wildman–Crippen MR) is 113 cm³/mol. The molecule has 0 aliphatic carbocycles. The molecule has 1 atom stereocenters. The molecule has 6 heteroatoms. The van der Waals surface area contributed by atoms with Crippen LogP contribution in [-0.2, 0) is 17.8 Å². The number of aromatic nitrogens is 1. The van der Waals surface area contributed by atoms with E-state index in [0.717, 1.165) is 40.3 Å². The first-order valence-corrected chi connectivity index (χ1v) is 10.6. The van der Waals surface area contributed by atoms with Crippen molar-refractivity contribution < 1.29 is 14.3 Å². The lowest BCUT2D eigenvalue weighted by Crippen LogP contribution is -2.30. The molecule has 1 aromatic carbocycles. The van der Waals surface area contributed by atoms with Gasteiger partial charge in [-0.3, -0.25) is 9.78 Å². The molecule has 3 heterocycles. The molecule has 0 spiro atoms. The second-order valence-electron chi connectivity index (χ2n) is 7.20. The number of amides is 1. The average Bonchev–Trinajstić information content (AvgIpc) is 3.40. The minimum Gasteiger partial charge on any atom is -0.488 e. The van der Waals surface area contributed by atoms with E-state index in [2.05, 4.69) is 4.98 Å². The highest BCUT2D eigenvalue weighted by Crippen LogP contribution is 2.23.